The first-order chi connectivity index (χ1) is 5.70. The summed E-state index contributed by atoms with van der Waals surface area (Å²) in [7, 11) is 0. The molecule has 12 heavy (non-hydrogen) atoms. The maximum Gasteiger partial charge on any atom is 0.253 e. The first-order valence-corrected chi connectivity index (χ1v) is 3.82. The highest BCUT2D eigenvalue weighted by molar-refractivity contribution is 5.93. The second kappa shape index (κ2) is 3.85. The molecule has 0 aliphatic rings. The predicted octanol–water partition coefficient (Wildman–Crippen LogP) is 1.02. The molecule has 1 rings (SSSR count). The van der Waals surface area contributed by atoms with E-state index in [9.17, 15) is 4.79 Å². The fraction of sp³-hybridized carbons (Fsp3) is 0.333. The number of hydrogen-bond donors (Lipinski definition) is 1. The molecule has 1 N–H and O–H groups in total. The Morgan fingerprint density at radius 3 is 2.92 bits per heavy atom. The molecule has 1 radical (unpaired) electrons. The number of carbonyl (C=O) groups is 1. The molecule has 0 aromatic carbocycles. The molecule has 0 bridgehead atoms. The van der Waals surface area contributed by atoms with E-state index >= 15 is 0 Å². The van der Waals surface area contributed by atoms with Crippen LogP contribution in [0.15, 0.2) is 18.5 Å². The molecule has 0 saturated carbocycles. The summed E-state index contributed by atoms with van der Waals surface area (Å²) in [6.07, 6.45) is 3.04. The van der Waals surface area contributed by atoms with Gasteiger partial charge in [0, 0.05) is 24.5 Å². The van der Waals surface area contributed by atoms with Crippen molar-refractivity contribution in [1.82, 2.24) is 10.3 Å². The zero-order valence-corrected chi connectivity index (χ0v) is 7.16. The molecular weight excluding hydrogens is 152 g/mol. The average Bonchev–Trinajstić information content (AvgIpc) is 2.05. The number of amides is 1. The largest absolute Gasteiger partial charge is 0.350 e. The number of nitrogens with zero attached hydrogens (tertiary/aromatic N) is 1. The van der Waals surface area contributed by atoms with Gasteiger partial charge in [-0.05, 0) is 19.9 Å². The van der Waals surface area contributed by atoms with E-state index in [1.165, 1.54) is 12.4 Å². The van der Waals surface area contributed by atoms with E-state index in [1.807, 2.05) is 13.8 Å². The Balaban J connectivity index is 2.66. The summed E-state index contributed by atoms with van der Waals surface area (Å²) >= 11 is 0. The first kappa shape index (κ1) is 8.71. The molecule has 0 unspecified atom stereocenters. The van der Waals surface area contributed by atoms with Crippen LogP contribution >= 0.6 is 0 Å². The third-order valence-electron chi connectivity index (χ3n) is 1.28. The molecule has 0 fully saturated rings. The van der Waals surface area contributed by atoms with Crippen LogP contribution in [0.3, 0.4) is 0 Å². The Kier molecular flexibility index (Phi) is 2.80. The molecule has 0 spiro atoms. The SMILES string of the molecule is CC(C)NC(=O)c1c[c]cnc1. The van der Waals surface area contributed by atoms with Crippen LogP contribution in [0.25, 0.3) is 0 Å². The van der Waals surface area contributed by atoms with Gasteiger partial charge in [0.2, 0.25) is 0 Å². The second-order valence-electron chi connectivity index (χ2n) is 2.80. The quantitative estimate of drug-likeness (QED) is 0.707. The highest BCUT2D eigenvalue weighted by Crippen LogP contribution is 1.94. The molecular formula is C9H11N2O. The molecule has 0 saturated heterocycles. The molecule has 1 heterocycles. The minimum Gasteiger partial charge on any atom is -0.350 e. The predicted molar refractivity (Wildman–Crippen MR) is 45.7 cm³/mol. The van der Waals surface area contributed by atoms with Crippen molar-refractivity contribution in [2.45, 2.75) is 19.9 Å². The van der Waals surface area contributed by atoms with E-state index in [-0.39, 0.29) is 11.9 Å². The van der Waals surface area contributed by atoms with Gasteiger partial charge >= 0.3 is 0 Å². The lowest BCUT2D eigenvalue weighted by Crippen LogP contribution is -2.30. The summed E-state index contributed by atoms with van der Waals surface area (Å²) in [6.45, 7) is 3.83. The summed E-state index contributed by atoms with van der Waals surface area (Å²) in [6, 6.07) is 4.51. The first-order valence-electron chi connectivity index (χ1n) is 3.82. The molecule has 1 aromatic rings. The number of aromatic nitrogens is 1. The minimum absolute atomic E-state index is 0.102. The third kappa shape index (κ3) is 2.34. The van der Waals surface area contributed by atoms with Gasteiger partial charge in [0.25, 0.3) is 5.91 Å². The highest BCUT2D eigenvalue weighted by atomic mass is 16.1. The lowest BCUT2D eigenvalue weighted by Gasteiger charge is -2.06. The van der Waals surface area contributed by atoms with Crippen molar-refractivity contribution >= 4 is 5.91 Å². The van der Waals surface area contributed by atoms with Crippen molar-refractivity contribution in [2.24, 2.45) is 0 Å². The van der Waals surface area contributed by atoms with Crippen LogP contribution < -0.4 is 5.32 Å². The van der Waals surface area contributed by atoms with Crippen LogP contribution in [0.5, 0.6) is 0 Å². The van der Waals surface area contributed by atoms with E-state index in [2.05, 4.69) is 16.4 Å². The monoisotopic (exact) mass is 163 g/mol. The van der Waals surface area contributed by atoms with Gasteiger partial charge in [-0.25, -0.2) is 0 Å². The summed E-state index contributed by atoms with van der Waals surface area (Å²) < 4.78 is 0. The van der Waals surface area contributed by atoms with Crippen LogP contribution in [0, 0.1) is 6.07 Å². The van der Waals surface area contributed by atoms with Gasteiger partial charge < -0.3 is 5.32 Å². The van der Waals surface area contributed by atoms with Crippen LogP contribution in [-0.4, -0.2) is 16.9 Å². The van der Waals surface area contributed by atoms with Gasteiger partial charge in [-0.1, -0.05) is 0 Å². The number of pyridine rings is 1. The van der Waals surface area contributed by atoms with Crippen LogP contribution in [0.4, 0.5) is 0 Å². The van der Waals surface area contributed by atoms with Gasteiger partial charge in [0.1, 0.15) is 0 Å². The van der Waals surface area contributed by atoms with E-state index in [0.717, 1.165) is 0 Å². The van der Waals surface area contributed by atoms with Crippen molar-refractivity contribution in [3.05, 3.63) is 30.1 Å². The summed E-state index contributed by atoms with van der Waals surface area (Å²) in [4.78, 5) is 15.1. The normalized spacial score (nSPS) is 9.92. The Hall–Kier alpha value is -1.38. The molecule has 0 aliphatic heterocycles. The van der Waals surface area contributed by atoms with E-state index in [0.29, 0.717) is 5.56 Å². The van der Waals surface area contributed by atoms with Crippen molar-refractivity contribution < 1.29 is 4.79 Å². The maximum absolute atomic E-state index is 11.3. The molecule has 3 heteroatoms. The fourth-order valence-electron chi connectivity index (χ4n) is 0.795. The Morgan fingerprint density at radius 1 is 1.67 bits per heavy atom. The fourth-order valence-corrected chi connectivity index (χ4v) is 0.795. The van der Waals surface area contributed by atoms with Crippen molar-refractivity contribution in [2.75, 3.05) is 0 Å². The summed E-state index contributed by atoms with van der Waals surface area (Å²) in [5, 5.41) is 2.76. The van der Waals surface area contributed by atoms with Gasteiger partial charge in [-0.15, -0.1) is 0 Å². The Bertz CT molecular complexity index is 256. The molecule has 63 valence electrons. The van der Waals surface area contributed by atoms with Gasteiger partial charge in [0.15, 0.2) is 0 Å². The minimum atomic E-state index is -0.102. The summed E-state index contributed by atoms with van der Waals surface area (Å²) in [5.41, 5.74) is 0.547. The number of nitrogens with one attached hydrogen (secondary N) is 1. The summed E-state index contributed by atoms with van der Waals surface area (Å²) in [5.74, 6) is -0.102. The molecule has 0 atom stereocenters. The number of hydrogen-bond acceptors (Lipinski definition) is 2. The lowest BCUT2D eigenvalue weighted by molar-refractivity contribution is 0.0943. The number of rotatable bonds is 2. The van der Waals surface area contributed by atoms with Crippen LogP contribution in [0.1, 0.15) is 24.2 Å². The zero-order valence-electron chi connectivity index (χ0n) is 7.16. The van der Waals surface area contributed by atoms with Crippen LogP contribution in [-0.2, 0) is 0 Å². The van der Waals surface area contributed by atoms with E-state index < -0.39 is 0 Å². The van der Waals surface area contributed by atoms with Gasteiger partial charge in [-0.3, -0.25) is 9.78 Å². The zero-order chi connectivity index (χ0) is 8.97. The second-order valence-corrected chi connectivity index (χ2v) is 2.80. The van der Waals surface area contributed by atoms with Crippen molar-refractivity contribution in [3.63, 3.8) is 0 Å². The highest BCUT2D eigenvalue weighted by Gasteiger charge is 2.04. The van der Waals surface area contributed by atoms with Gasteiger partial charge in [0.05, 0.1) is 5.56 Å². The standard InChI is InChI=1S/C9H11N2O/c1-7(2)11-9(12)8-4-3-5-10-6-8/h4-7H,1-2H3,(H,11,12). The Morgan fingerprint density at radius 2 is 2.42 bits per heavy atom. The average molecular weight is 163 g/mol. The smallest absolute Gasteiger partial charge is 0.253 e. The number of carbonyl (C=O) groups excluding carboxylic acids is 1. The van der Waals surface area contributed by atoms with E-state index in [1.54, 1.807) is 6.07 Å². The van der Waals surface area contributed by atoms with Crippen molar-refractivity contribution in [1.29, 1.82) is 0 Å². The topological polar surface area (TPSA) is 42.0 Å². The van der Waals surface area contributed by atoms with Crippen LogP contribution in [0.2, 0.25) is 0 Å². The molecule has 1 amide bonds. The lowest BCUT2D eigenvalue weighted by atomic mass is 10.2. The van der Waals surface area contributed by atoms with Gasteiger partial charge in [-0.2, -0.15) is 0 Å². The molecule has 0 aliphatic carbocycles. The third-order valence-corrected chi connectivity index (χ3v) is 1.28. The Labute approximate surface area is 71.8 Å². The maximum atomic E-state index is 11.3. The van der Waals surface area contributed by atoms with Crippen molar-refractivity contribution in [3.8, 4) is 0 Å². The molecule has 1 aromatic heterocycles. The molecule has 3 nitrogen and oxygen atoms in total. The van der Waals surface area contributed by atoms with E-state index in [4.69, 9.17) is 0 Å².